The number of rotatable bonds is 2. The van der Waals surface area contributed by atoms with Crippen LogP contribution in [0.1, 0.15) is 25.5 Å². The Kier molecular flexibility index (Phi) is 3.40. The molecule has 0 saturated carbocycles. The van der Waals surface area contributed by atoms with Gasteiger partial charge in [-0.3, -0.25) is 0 Å². The molecule has 1 N–H and O–H groups in total. The third-order valence-corrected chi connectivity index (χ3v) is 4.22. The summed E-state index contributed by atoms with van der Waals surface area (Å²) in [5.74, 6) is -0.259. The average Bonchev–Trinajstić information content (AvgIpc) is 2.67. The van der Waals surface area contributed by atoms with Crippen LogP contribution in [-0.2, 0) is 0 Å². The first-order valence-corrected chi connectivity index (χ1v) is 7.37. The standard InChI is InChI=1S/C16H14BrF2NO/c1-16(2)15(9-5-3-4-6-14(9)21-16)20-13-8-11(18)10(17)7-12(13)19/h3-8,15,20H,1-2H3. The third kappa shape index (κ3) is 2.50. The molecule has 0 radical (unpaired) electrons. The maximum absolute atomic E-state index is 14.0. The predicted octanol–water partition coefficient (Wildman–Crippen LogP) is 5.05. The van der Waals surface area contributed by atoms with Gasteiger partial charge >= 0.3 is 0 Å². The minimum atomic E-state index is -0.556. The fraction of sp³-hybridized carbons (Fsp3) is 0.250. The molecule has 0 fully saturated rings. The Bertz CT molecular complexity index is 703. The normalized spacial score (nSPS) is 19.0. The first kappa shape index (κ1) is 14.3. The van der Waals surface area contributed by atoms with Gasteiger partial charge in [0.05, 0.1) is 16.2 Å². The van der Waals surface area contributed by atoms with Crippen LogP contribution in [-0.4, -0.2) is 5.60 Å². The van der Waals surface area contributed by atoms with Gasteiger partial charge in [0.25, 0.3) is 0 Å². The van der Waals surface area contributed by atoms with E-state index in [0.717, 1.165) is 23.4 Å². The van der Waals surface area contributed by atoms with E-state index in [1.54, 1.807) is 0 Å². The van der Waals surface area contributed by atoms with E-state index in [4.69, 9.17) is 4.74 Å². The molecule has 1 aliphatic heterocycles. The molecule has 1 heterocycles. The second-order valence-corrected chi connectivity index (χ2v) is 6.42. The lowest BCUT2D eigenvalue weighted by atomic mass is 9.94. The molecule has 3 rings (SSSR count). The molecule has 2 aromatic rings. The van der Waals surface area contributed by atoms with Crippen molar-refractivity contribution >= 4 is 21.6 Å². The zero-order valence-electron chi connectivity index (χ0n) is 11.6. The van der Waals surface area contributed by atoms with Crippen LogP contribution >= 0.6 is 15.9 Å². The highest BCUT2D eigenvalue weighted by molar-refractivity contribution is 9.10. The topological polar surface area (TPSA) is 21.3 Å². The Hall–Kier alpha value is -1.62. The summed E-state index contributed by atoms with van der Waals surface area (Å²) in [5, 5.41) is 3.06. The smallest absolute Gasteiger partial charge is 0.147 e. The Balaban J connectivity index is 1.99. The first-order valence-electron chi connectivity index (χ1n) is 6.57. The monoisotopic (exact) mass is 353 g/mol. The summed E-state index contributed by atoms with van der Waals surface area (Å²) in [6, 6.07) is 9.59. The summed E-state index contributed by atoms with van der Waals surface area (Å²) in [7, 11) is 0. The number of hydrogen-bond donors (Lipinski definition) is 1. The number of fused-ring (bicyclic) bond motifs is 1. The third-order valence-electron chi connectivity index (χ3n) is 3.61. The van der Waals surface area contributed by atoms with Crippen LogP contribution in [0.15, 0.2) is 40.9 Å². The quantitative estimate of drug-likeness (QED) is 0.762. The minimum absolute atomic E-state index is 0.105. The summed E-state index contributed by atoms with van der Waals surface area (Å²) < 4.78 is 33.6. The van der Waals surface area contributed by atoms with Crippen LogP contribution in [0.25, 0.3) is 0 Å². The fourth-order valence-electron chi connectivity index (χ4n) is 2.57. The summed E-state index contributed by atoms with van der Waals surface area (Å²) in [4.78, 5) is 0. The lowest BCUT2D eigenvalue weighted by molar-refractivity contribution is 0.118. The van der Waals surface area contributed by atoms with E-state index in [1.807, 2.05) is 38.1 Å². The zero-order valence-corrected chi connectivity index (χ0v) is 13.2. The van der Waals surface area contributed by atoms with E-state index < -0.39 is 17.2 Å². The molecule has 110 valence electrons. The van der Waals surface area contributed by atoms with Crippen LogP contribution in [0.5, 0.6) is 5.75 Å². The summed E-state index contributed by atoms with van der Waals surface area (Å²) in [6.45, 7) is 3.83. The Morgan fingerprint density at radius 1 is 1.14 bits per heavy atom. The fourth-order valence-corrected chi connectivity index (χ4v) is 2.88. The molecule has 2 aromatic carbocycles. The van der Waals surface area contributed by atoms with Crippen molar-refractivity contribution in [3.05, 3.63) is 58.1 Å². The number of hydrogen-bond acceptors (Lipinski definition) is 2. The predicted molar refractivity (Wildman–Crippen MR) is 81.6 cm³/mol. The minimum Gasteiger partial charge on any atom is -0.485 e. The van der Waals surface area contributed by atoms with Crippen LogP contribution < -0.4 is 10.1 Å². The Labute approximate surface area is 130 Å². The molecule has 21 heavy (non-hydrogen) atoms. The van der Waals surface area contributed by atoms with Gasteiger partial charge in [-0.15, -0.1) is 0 Å². The number of ether oxygens (including phenoxy) is 1. The molecule has 0 aliphatic carbocycles. The number of benzene rings is 2. The summed E-state index contributed by atoms with van der Waals surface area (Å²) in [5.41, 5.74) is 0.499. The molecule has 0 amide bonds. The molecule has 0 spiro atoms. The summed E-state index contributed by atoms with van der Waals surface area (Å²) in [6.07, 6.45) is 0. The van der Waals surface area contributed by atoms with Crippen LogP contribution in [0, 0.1) is 11.6 Å². The maximum Gasteiger partial charge on any atom is 0.147 e. The molecular weight excluding hydrogens is 340 g/mol. The van der Waals surface area contributed by atoms with E-state index in [-0.39, 0.29) is 16.2 Å². The second kappa shape index (κ2) is 4.98. The van der Waals surface area contributed by atoms with Gasteiger partial charge in [0.1, 0.15) is 23.0 Å². The molecule has 0 bridgehead atoms. The van der Waals surface area contributed by atoms with E-state index in [9.17, 15) is 8.78 Å². The van der Waals surface area contributed by atoms with E-state index >= 15 is 0 Å². The maximum atomic E-state index is 14.0. The SMILES string of the molecule is CC1(C)Oc2ccccc2C1Nc1cc(F)c(Br)cc1F. The van der Waals surface area contributed by atoms with Gasteiger partial charge in [0, 0.05) is 11.6 Å². The number of nitrogens with one attached hydrogen (secondary N) is 1. The van der Waals surface area contributed by atoms with E-state index in [1.165, 1.54) is 0 Å². The molecule has 5 heteroatoms. The van der Waals surface area contributed by atoms with Crippen LogP contribution in [0.3, 0.4) is 0 Å². The Morgan fingerprint density at radius 3 is 2.62 bits per heavy atom. The van der Waals surface area contributed by atoms with Crippen molar-refractivity contribution in [2.45, 2.75) is 25.5 Å². The zero-order chi connectivity index (χ0) is 15.2. The molecule has 1 atom stereocenters. The van der Waals surface area contributed by atoms with Crippen molar-refractivity contribution in [1.29, 1.82) is 0 Å². The lowest BCUT2D eigenvalue weighted by Crippen LogP contribution is -2.35. The lowest BCUT2D eigenvalue weighted by Gasteiger charge is -2.28. The van der Waals surface area contributed by atoms with Crippen molar-refractivity contribution < 1.29 is 13.5 Å². The highest BCUT2D eigenvalue weighted by Crippen LogP contribution is 2.44. The molecule has 1 aliphatic rings. The van der Waals surface area contributed by atoms with E-state index in [0.29, 0.717) is 0 Å². The first-order chi connectivity index (χ1) is 9.88. The molecule has 2 nitrogen and oxygen atoms in total. The van der Waals surface area contributed by atoms with Crippen molar-refractivity contribution in [1.82, 2.24) is 0 Å². The van der Waals surface area contributed by atoms with Crippen LogP contribution in [0.4, 0.5) is 14.5 Å². The van der Waals surface area contributed by atoms with Gasteiger partial charge in [-0.05, 0) is 41.9 Å². The van der Waals surface area contributed by atoms with Gasteiger partial charge in [-0.2, -0.15) is 0 Å². The van der Waals surface area contributed by atoms with Crippen molar-refractivity contribution in [3.8, 4) is 5.75 Å². The van der Waals surface area contributed by atoms with Crippen molar-refractivity contribution in [2.75, 3.05) is 5.32 Å². The van der Waals surface area contributed by atoms with Gasteiger partial charge < -0.3 is 10.1 Å². The van der Waals surface area contributed by atoms with E-state index in [2.05, 4.69) is 21.2 Å². The summed E-state index contributed by atoms with van der Waals surface area (Å²) >= 11 is 2.97. The van der Waals surface area contributed by atoms with Crippen molar-refractivity contribution in [2.24, 2.45) is 0 Å². The second-order valence-electron chi connectivity index (χ2n) is 5.57. The number of para-hydroxylation sites is 1. The molecule has 0 saturated heterocycles. The highest BCUT2D eigenvalue weighted by Gasteiger charge is 2.41. The number of halogens is 3. The van der Waals surface area contributed by atoms with Gasteiger partial charge in [0.15, 0.2) is 0 Å². The van der Waals surface area contributed by atoms with Gasteiger partial charge in [-0.25, -0.2) is 8.78 Å². The van der Waals surface area contributed by atoms with Gasteiger partial charge in [-0.1, -0.05) is 18.2 Å². The van der Waals surface area contributed by atoms with Crippen LogP contribution in [0.2, 0.25) is 0 Å². The largest absolute Gasteiger partial charge is 0.485 e. The molecule has 0 aromatic heterocycles. The highest BCUT2D eigenvalue weighted by atomic mass is 79.9. The molecule has 1 unspecified atom stereocenters. The average molecular weight is 354 g/mol. The molecular formula is C16H14BrF2NO. The Morgan fingerprint density at radius 2 is 1.86 bits per heavy atom. The van der Waals surface area contributed by atoms with Gasteiger partial charge in [0.2, 0.25) is 0 Å². The van der Waals surface area contributed by atoms with Crippen molar-refractivity contribution in [3.63, 3.8) is 0 Å². The number of anilines is 1.